The highest BCUT2D eigenvalue weighted by Crippen LogP contribution is 2.24. The Morgan fingerprint density at radius 3 is 1.57 bits per heavy atom. The molecule has 2 heterocycles. The smallest absolute Gasteiger partial charge is 0.0737 e. The largest absolute Gasteiger partial charge is 0.396 e. The molecule has 0 aromatic carbocycles. The highest BCUT2D eigenvalue weighted by atomic mass is 32.1. The van der Waals surface area contributed by atoms with Crippen molar-refractivity contribution >= 4 is 34.1 Å². The summed E-state index contributed by atoms with van der Waals surface area (Å²) < 4.78 is 0. The first kappa shape index (κ1) is 9.30. The van der Waals surface area contributed by atoms with E-state index in [4.69, 9.17) is 11.5 Å². The Morgan fingerprint density at radius 2 is 1.29 bits per heavy atom. The topological polar surface area (TPSA) is 52.0 Å². The van der Waals surface area contributed by atoms with Gasteiger partial charge in [-0.3, -0.25) is 0 Å². The van der Waals surface area contributed by atoms with E-state index in [0.717, 1.165) is 9.75 Å². The lowest BCUT2D eigenvalue weighted by Crippen LogP contribution is -2.05. The Hall–Kier alpha value is -1.26. The van der Waals surface area contributed by atoms with Crippen LogP contribution in [0.3, 0.4) is 0 Å². The molecule has 0 atom stereocenters. The first-order valence-electron chi connectivity index (χ1n) is 4.12. The fraction of sp³-hybridized carbons (Fsp3) is 0. The standard InChI is InChI=1S/C10H10N2S2/c11-9(7-3-1-5-13-7)10(12)8-4-2-6-14-8/h1-6H,11-12H2. The first-order valence-corrected chi connectivity index (χ1v) is 5.88. The SMILES string of the molecule is NC(=C(N)c1cccs1)c1cccs1. The highest BCUT2D eigenvalue weighted by molar-refractivity contribution is 7.12. The van der Waals surface area contributed by atoms with Gasteiger partial charge in [0.05, 0.1) is 21.1 Å². The van der Waals surface area contributed by atoms with Crippen LogP contribution >= 0.6 is 22.7 Å². The second-order valence-electron chi connectivity index (χ2n) is 2.78. The van der Waals surface area contributed by atoms with E-state index in [0.29, 0.717) is 11.4 Å². The normalized spacial score (nSPS) is 12.6. The maximum Gasteiger partial charge on any atom is 0.0737 e. The minimum Gasteiger partial charge on any atom is -0.396 e. The molecule has 0 aliphatic carbocycles. The van der Waals surface area contributed by atoms with E-state index in [-0.39, 0.29) is 0 Å². The number of hydrogen-bond acceptors (Lipinski definition) is 4. The van der Waals surface area contributed by atoms with Crippen LogP contribution in [0.2, 0.25) is 0 Å². The van der Waals surface area contributed by atoms with E-state index in [1.54, 1.807) is 22.7 Å². The summed E-state index contributed by atoms with van der Waals surface area (Å²) in [6, 6.07) is 7.88. The van der Waals surface area contributed by atoms with Crippen LogP contribution in [0, 0.1) is 0 Å². The van der Waals surface area contributed by atoms with Crippen LogP contribution in [0.5, 0.6) is 0 Å². The van der Waals surface area contributed by atoms with Gasteiger partial charge in [0.1, 0.15) is 0 Å². The zero-order chi connectivity index (χ0) is 9.97. The third-order valence-corrected chi connectivity index (χ3v) is 3.67. The summed E-state index contributed by atoms with van der Waals surface area (Å²) >= 11 is 3.20. The van der Waals surface area contributed by atoms with Gasteiger partial charge in [0.15, 0.2) is 0 Å². The van der Waals surface area contributed by atoms with Crippen molar-refractivity contribution in [1.29, 1.82) is 0 Å². The zero-order valence-corrected chi connectivity index (χ0v) is 9.07. The summed E-state index contributed by atoms with van der Waals surface area (Å²) in [5, 5.41) is 3.98. The molecule has 0 aliphatic heterocycles. The van der Waals surface area contributed by atoms with Crippen molar-refractivity contribution in [3.05, 3.63) is 44.8 Å². The van der Waals surface area contributed by atoms with Gasteiger partial charge in [0, 0.05) is 0 Å². The Labute approximate surface area is 90.5 Å². The van der Waals surface area contributed by atoms with E-state index < -0.39 is 0 Å². The summed E-state index contributed by atoms with van der Waals surface area (Å²) in [6.07, 6.45) is 0. The summed E-state index contributed by atoms with van der Waals surface area (Å²) in [7, 11) is 0. The van der Waals surface area contributed by atoms with Gasteiger partial charge in [0.25, 0.3) is 0 Å². The third kappa shape index (κ3) is 1.66. The molecule has 2 rings (SSSR count). The van der Waals surface area contributed by atoms with Crippen molar-refractivity contribution in [3.8, 4) is 0 Å². The summed E-state index contributed by atoms with van der Waals surface area (Å²) in [4.78, 5) is 2.05. The molecule has 0 saturated carbocycles. The lowest BCUT2D eigenvalue weighted by atomic mass is 10.2. The molecular formula is C10H10N2S2. The summed E-state index contributed by atoms with van der Waals surface area (Å²) in [5.74, 6) is 0. The molecular weight excluding hydrogens is 212 g/mol. The van der Waals surface area contributed by atoms with Crippen LogP contribution in [0.15, 0.2) is 35.0 Å². The maximum atomic E-state index is 5.95. The fourth-order valence-electron chi connectivity index (χ4n) is 1.13. The van der Waals surface area contributed by atoms with E-state index in [2.05, 4.69) is 0 Å². The minimum atomic E-state index is 0.669. The predicted octanol–water partition coefficient (Wildman–Crippen LogP) is 2.55. The fourth-order valence-corrected chi connectivity index (χ4v) is 2.52. The molecule has 0 fully saturated rings. The Morgan fingerprint density at radius 1 is 0.857 bits per heavy atom. The van der Waals surface area contributed by atoms with Gasteiger partial charge >= 0.3 is 0 Å². The molecule has 0 aliphatic rings. The average Bonchev–Trinajstić information content (AvgIpc) is 2.87. The van der Waals surface area contributed by atoms with Gasteiger partial charge in [-0.05, 0) is 22.9 Å². The molecule has 0 unspecified atom stereocenters. The van der Waals surface area contributed by atoms with Crippen LogP contribution < -0.4 is 11.5 Å². The van der Waals surface area contributed by atoms with Gasteiger partial charge in [-0.2, -0.15) is 0 Å². The molecule has 0 saturated heterocycles. The molecule has 0 bridgehead atoms. The van der Waals surface area contributed by atoms with E-state index in [9.17, 15) is 0 Å². The monoisotopic (exact) mass is 222 g/mol. The number of thiophene rings is 2. The average molecular weight is 222 g/mol. The van der Waals surface area contributed by atoms with Crippen LogP contribution in [0.1, 0.15) is 9.75 Å². The zero-order valence-electron chi connectivity index (χ0n) is 7.44. The first-order chi connectivity index (χ1) is 6.79. The van der Waals surface area contributed by atoms with Gasteiger partial charge in [-0.25, -0.2) is 0 Å². The van der Waals surface area contributed by atoms with Gasteiger partial charge in [0.2, 0.25) is 0 Å². The highest BCUT2D eigenvalue weighted by Gasteiger charge is 2.06. The van der Waals surface area contributed by atoms with E-state index >= 15 is 0 Å². The molecule has 0 radical (unpaired) electrons. The van der Waals surface area contributed by atoms with E-state index in [1.165, 1.54) is 0 Å². The van der Waals surface area contributed by atoms with Gasteiger partial charge in [-0.15, -0.1) is 22.7 Å². The third-order valence-electron chi connectivity index (χ3n) is 1.86. The van der Waals surface area contributed by atoms with E-state index in [1.807, 2.05) is 35.0 Å². The molecule has 0 spiro atoms. The summed E-state index contributed by atoms with van der Waals surface area (Å²) in [5.41, 5.74) is 13.2. The maximum absolute atomic E-state index is 5.95. The molecule has 2 aromatic rings. The minimum absolute atomic E-state index is 0.669. The van der Waals surface area contributed by atoms with Crippen molar-refractivity contribution in [2.24, 2.45) is 11.5 Å². The van der Waals surface area contributed by atoms with Crippen LogP contribution in [0.4, 0.5) is 0 Å². The Balaban J connectivity index is 2.41. The molecule has 0 amide bonds. The van der Waals surface area contributed by atoms with Crippen molar-refractivity contribution in [1.82, 2.24) is 0 Å². The quantitative estimate of drug-likeness (QED) is 0.820. The van der Waals surface area contributed by atoms with Crippen molar-refractivity contribution in [2.45, 2.75) is 0 Å². The van der Waals surface area contributed by atoms with Crippen LogP contribution in [-0.4, -0.2) is 0 Å². The van der Waals surface area contributed by atoms with Crippen molar-refractivity contribution in [2.75, 3.05) is 0 Å². The lowest BCUT2D eigenvalue weighted by molar-refractivity contribution is 1.53. The van der Waals surface area contributed by atoms with Crippen LogP contribution in [0.25, 0.3) is 11.4 Å². The Bertz CT molecular complexity index is 384. The predicted molar refractivity (Wildman–Crippen MR) is 63.8 cm³/mol. The van der Waals surface area contributed by atoms with Crippen LogP contribution in [-0.2, 0) is 0 Å². The second-order valence-corrected chi connectivity index (χ2v) is 4.68. The van der Waals surface area contributed by atoms with Gasteiger partial charge in [-0.1, -0.05) is 12.1 Å². The number of hydrogen-bond donors (Lipinski definition) is 2. The molecule has 4 N–H and O–H groups in total. The molecule has 2 aromatic heterocycles. The lowest BCUT2D eigenvalue weighted by Gasteiger charge is -2.02. The van der Waals surface area contributed by atoms with Crippen molar-refractivity contribution in [3.63, 3.8) is 0 Å². The van der Waals surface area contributed by atoms with Crippen molar-refractivity contribution < 1.29 is 0 Å². The number of nitrogens with two attached hydrogens (primary N) is 2. The Kier molecular flexibility index (Phi) is 2.56. The number of rotatable bonds is 2. The second kappa shape index (κ2) is 3.86. The molecule has 14 heavy (non-hydrogen) atoms. The molecule has 4 heteroatoms. The summed E-state index contributed by atoms with van der Waals surface area (Å²) in [6.45, 7) is 0. The van der Waals surface area contributed by atoms with Gasteiger partial charge < -0.3 is 11.5 Å². The molecule has 2 nitrogen and oxygen atoms in total. The molecule has 72 valence electrons.